The fourth-order valence-corrected chi connectivity index (χ4v) is 4.59. The van der Waals surface area contributed by atoms with Crippen molar-refractivity contribution in [2.75, 3.05) is 20.3 Å². The minimum absolute atomic E-state index is 0.823. The van der Waals surface area contributed by atoms with Crippen LogP contribution in [0.3, 0.4) is 0 Å². The van der Waals surface area contributed by atoms with E-state index in [1.54, 1.807) is 0 Å². The van der Waals surface area contributed by atoms with Crippen molar-refractivity contribution >= 4 is 31.2 Å². The molecule has 9 atom stereocenters. The number of hydrogen-bond acceptors (Lipinski definition) is 19. The molecule has 22 heteroatoms. The predicted molar refractivity (Wildman–Crippen MR) is 93.1 cm³/mol. The van der Waals surface area contributed by atoms with E-state index >= 15 is 0 Å². The Morgan fingerprint density at radius 3 is 1.79 bits per heavy atom. The second kappa shape index (κ2) is 11.2. The number of aliphatic hydroxyl groups is 3. The summed E-state index contributed by atoms with van der Waals surface area (Å²) in [6, 6.07) is 0. The van der Waals surface area contributed by atoms with E-state index in [4.69, 9.17) is 18.9 Å². The van der Waals surface area contributed by atoms with Gasteiger partial charge in [0.15, 0.2) is 24.8 Å². The Balaban J connectivity index is 2.43. The minimum Gasteiger partial charge on any atom is -0.726 e. The summed E-state index contributed by atoms with van der Waals surface area (Å²) in [7, 11) is -15.9. The van der Waals surface area contributed by atoms with Crippen LogP contribution in [-0.4, -0.2) is 130 Å². The average Bonchev–Trinajstić information content (AvgIpc) is 2.67. The van der Waals surface area contributed by atoms with Crippen LogP contribution in [0.4, 0.5) is 0 Å². The molecular weight excluding hydrogens is 544 g/mol. The lowest BCUT2D eigenvalue weighted by Crippen LogP contribution is -2.64. The zero-order valence-corrected chi connectivity index (χ0v) is 19.2. The highest BCUT2D eigenvalue weighted by Gasteiger charge is 2.51. The van der Waals surface area contributed by atoms with Gasteiger partial charge in [-0.15, -0.1) is 0 Å². The van der Waals surface area contributed by atoms with Gasteiger partial charge in [-0.3, -0.25) is 12.5 Å². The average molecular weight is 563 g/mol. The smallest absolute Gasteiger partial charge is 0.218 e. The summed E-state index contributed by atoms with van der Waals surface area (Å²) < 4.78 is 133. The van der Waals surface area contributed by atoms with Crippen LogP contribution in [0.1, 0.15) is 0 Å². The number of methoxy groups -OCH3 is 1. The highest BCUT2D eigenvalue weighted by Crippen LogP contribution is 2.31. The second-order valence-corrected chi connectivity index (χ2v) is 9.75. The Labute approximate surface area is 192 Å². The van der Waals surface area contributed by atoms with Gasteiger partial charge in [0.05, 0.1) is 13.2 Å². The first-order chi connectivity index (χ1) is 15.5. The van der Waals surface area contributed by atoms with Gasteiger partial charge < -0.3 is 47.9 Å². The van der Waals surface area contributed by atoms with Crippen molar-refractivity contribution in [3.05, 3.63) is 0 Å². The van der Waals surface area contributed by atoms with Crippen molar-refractivity contribution < 1.29 is 85.7 Å². The monoisotopic (exact) mass is 563 g/mol. The molecule has 0 saturated carbocycles. The van der Waals surface area contributed by atoms with Crippen LogP contribution in [0.15, 0.2) is 0 Å². The Morgan fingerprint density at radius 2 is 1.32 bits per heavy atom. The molecule has 0 amide bonds. The maximum Gasteiger partial charge on any atom is 0.218 e. The van der Waals surface area contributed by atoms with Gasteiger partial charge in [0.2, 0.25) is 31.2 Å². The Bertz CT molecular complexity index is 994. The third-order valence-electron chi connectivity index (χ3n) is 4.44. The van der Waals surface area contributed by atoms with Crippen molar-refractivity contribution in [3.8, 4) is 0 Å². The molecule has 202 valence electrons. The van der Waals surface area contributed by atoms with E-state index in [-0.39, 0.29) is 0 Å². The summed E-state index contributed by atoms with van der Waals surface area (Å²) in [6.07, 6.45) is -18.8. The Morgan fingerprint density at radius 1 is 0.824 bits per heavy atom. The summed E-state index contributed by atoms with van der Waals surface area (Å²) in [5.74, 6) is 0. The molecular formula is C12H19O19S3-3. The lowest BCUT2D eigenvalue weighted by Gasteiger charge is -2.45. The molecule has 0 bridgehead atoms. The number of aliphatic hydroxyl groups excluding tert-OH is 3. The zero-order chi connectivity index (χ0) is 26.1. The lowest BCUT2D eigenvalue weighted by molar-refractivity contribution is -0.334. The molecule has 0 aromatic heterocycles. The SMILES string of the molecule is CO[C@@H]1OC[C@@H](O[C@H]2O[C@H](CO)[C@H](O)[C@H](O)[C@H]2OS(=O)(=O)[O-])[C@H](OS(=O)(=O)[O-])[C@H]1OS(=O)(=O)[O-]. The van der Waals surface area contributed by atoms with Crippen LogP contribution in [-0.2, 0) is 62.7 Å². The van der Waals surface area contributed by atoms with E-state index in [2.05, 4.69) is 12.5 Å². The molecule has 19 nitrogen and oxygen atoms in total. The van der Waals surface area contributed by atoms with Crippen molar-refractivity contribution in [3.63, 3.8) is 0 Å². The molecule has 2 aliphatic heterocycles. The molecule has 2 heterocycles. The van der Waals surface area contributed by atoms with Gasteiger partial charge in [-0.2, -0.15) is 0 Å². The fraction of sp³-hybridized carbons (Fsp3) is 1.00. The molecule has 0 aromatic carbocycles. The van der Waals surface area contributed by atoms with Crippen LogP contribution in [0.25, 0.3) is 0 Å². The Kier molecular flexibility index (Phi) is 9.70. The molecule has 2 saturated heterocycles. The van der Waals surface area contributed by atoms with Gasteiger partial charge in [0.1, 0.15) is 30.5 Å². The minimum atomic E-state index is -5.66. The van der Waals surface area contributed by atoms with E-state index in [9.17, 15) is 54.2 Å². The molecule has 2 fully saturated rings. The maximum absolute atomic E-state index is 11.2. The Hall–Kier alpha value is -0.670. The third kappa shape index (κ3) is 8.19. The van der Waals surface area contributed by atoms with E-state index in [0.29, 0.717) is 0 Å². The molecule has 0 radical (unpaired) electrons. The van der Waals surface area contributed by atoms with Gasteiger partial charge in [-0.05, 0) is 0 Å². The first-order valence-corrected chi connectivity index (χ1v) is 12.8. The number of ether oxygens (including phenoxy) is 4. The largest absolute Gasteiger partial charge is 0.726 e. The summed E-state index contributed by atoms with van der Waals surface area (Å²) in [6.45, 7) is -1.81. The number of rotatable bonds is 10. The van der Waals surface area contributed by atoms with Crippen LogP contribution < -0.4 is 0 Å². The normalized spacial score (nSPS) is 38.0. The van der Waals surface area contributed by atoms with E-state index < -0.39 is 99.7 Å². The van der Waals surface area contributed by atoms with Gasteiger partial charge in [0, 0.05) is 7.11 Å². The van der Waals surface area contributed by atoms with Crippen molar-refractivity contribution in [2.45, 2.75) is 55.3 Å². The molecule has 0 unspecified atom stereocenters. The summed E-state index contributed by atoms with van der Waals surface area (Å²) in [4.78, 5) is 0. The van der Waals surface area contributed by atoms with Crippen molar-refractivity contribution in [2.24, 2.45) is 0 Å². The van der Waals surface area contributed by atoms with Crippen LogP contribution in [0.5, 0.6) is 0 Å². The second-order valence-electron chi connectivity index (χ2n) is 6.73. The highest BCUT2D eigenvalue weighted by molar-refractivity contribution is 7.81. The predicted octanol–water partition coefficient (Wildman–Crippen LogP) is -5.65. The van der Waals surface area contributed by atoms with E-state index in [1.807, 2.05) is 0 Å². The highest BCUT2D eigenvalue weighted by atomic mass is 32.3. The quantitative estimate of drug-likeness (QED) is 0.165. The van der Waals surface area contributed by atoms with Crippen LogP contribution in [0, 0.1) is 0 Å². The van der Waals surface area contributed by atoms with Gasteiger partial charge in [-0.25, -0.2) is 25.3 Å². The van der Waals surface area contributed by atoms with Gasteiger partial charge in [0.25, 0.3) is 0 Å². The topological polar surface area (TPSA) is 297 Å². The standard InChI is InChI=1S/C12H22O19S3/c1-25-11-10(31-34(22,23)24)8(29-32(16,17)18)5(3-26-11)28-12-9(30-33(19,20)21)7(15)6(14)4(2-13)27-12/h4-15H,2-3H2,1H3,(H,16,17,18)(H,19,20,21)(H,22,23,24)/p-3/t4-,5-,6+,7+,8+,9-,10-,11-,12-/m1/s1. The summed E-state index contributed by atoms with van der Waals surface area (Å²) >= 11 is 0. The zero-order valence-electron chi connectivity index (χ0n) is 16.7. The van der Waals surface area contributed by atoms with Gasteiger partial charge >= 0.3 is 0 Å². The molecule has 2 aliphatic rings. The summed E-state index contributed by atoms with van der Waals surface area (Å²) in [5.41, 5.74) is 0. The van der Waals surface area contributed by atoms with Crippen LogP contribution in [0.2, 0.25) is 0 Å². The van der Waals surface area contributed by atoms with E-state index in [0.717, 1.165) is 7.11 Å². The van der Waals surface area contributed by atoms with Crippen LogP contribution >= 0.6 is 0 Å². The molecule has 3 N–H and O–H groups in total. The molecule has 0 spiro atoms. The van der Waals surface area contributed by atoms with E-state index in [1.165, 1.54) is 0 Å². The first kappa shape index (κ1) is 29.6. The van der Waals surface area contributed by atoms with Crippen molar-refractivity contribution in [1.82, 2.24) is 0 Å². The molecule has 0 aromatic rings. The third-order valence-corrected chi connectivity index (χ3v) is 5.81. The molecule has 34 heavy (non-hydrogen) atoms. The molecule has 0 aliphatic carbocycles. The number of hydrogen-bond donors (Lipinski definition) is 3. The molecule has 2 rings (SSSR count). The summed E-state index contributed by atoms with van der Waals surface area (Å²) in [5, 5.41) is 29.3. The fourth-order valence-electron chi connectivity index (χ4n) is 3.13. The maximum atomic E-state index is 11.2. The van der Waals surface area contributed by atoms with Crippen molar-refractivity contribution in [1.29, 1.82) is 0 Å². The first-order valence-electron chi connectivity index (χ1n) is 8.80. The van der Waals surface area contributed by atoms with Gasteiger partial charge in [-0.1, -0.05) is 0 Å². The lowest BCUT2D eigenvalue weighted by atomic mass is 9.99.